The molecule has 2 saturated heterocycles. The van der Waals surface area contributed by atoms with Gasteiger partial charge in [0.1, 0.15) is 0 Å². The van der Waals surface area contributed by atoms with E-state index in [9.17, 15) is 0 Å². The predicted molar refractivity (Wildman–Crippen MR) is 83.5 cm³/mol. The molecule has 19 heavy (non-hydrogen) atoms. The number of hydrogen-bond acceptors (Lipinski definition) is 2. The molecule has 2 heteroatoms. The molecule has 2 rings (SSSR count). The quantitative estimate of drug-likeness (QED) is 0.767. The van der Waals surface area contributed by atoms with E-state index in [0.717, 1.165) is 5.92 Å². The highest BCUT2D eigenvalue weighted by Gasteiger charge is 2.23. The fraction of sp³-hybridized carbons (Fsp3) is 1.00. The minimum Gasteiger partial charge on any atom is -0.303 e. The maximum absolute atomic E-state index is 2.72. The lowest BCUT2D eigenvalue weighted by Crippen LogP contribution is -2.41. The van der Waals surface area contributed by atoms with Crippen LogP contribution in [0.3, 0.4) is 0 Å². The fourth-order valence-corrected chi connectivity index (χ4v) is 3.39. The normalized spacial score (nSPS) is 24.8. The fourth-order valence-electron chi connectivity index (χ4n) is 3.39. The van der Waals surface area contributed by atoms with Gasteiger partial charge in [0.2, 0.25) is 0 Å². The Bertz CT molecular complexity index is 242. The molecule has 2 heterocycles. The Hall–Kier alpha value is -0.0800. The highest BCUT2D eigenvalue weighted by atomic mass is 15.1. The first-order valence-electron chi connectivity index (χ1n) is 8.48. The van der Waals surface area contributed by atoms with E-state index in [1.165, 1.54) is 77.8 Å². The molecule has 2 fully saturated rings. The van der Waals surface area contributed by atoms with Crippen LogP contribution in [-0.4, -0.2) is 49.1 Å². The second-order valence-corrected chi connectivity index (χ2v) is 7.96. The van der Waals surface area contributed by atoms with Gasteiger partial charge in [0.25, 0.3) is 0 Å². The topological polar surface area (TPSA) is 6.48 Å². The number of nitrogens with zero attached hydrogens (tertiary/aromatic N) is 2. The van der Waals surface area contributed by atoms with Crippen molar-refractivity contribution in [1.29, 1.82) is 0 Å². The zero-order chi connectivity index (χ0) is 13.7. The van der Waals surface area contributed by atoms with Crippen LogP contribution in [0.4, 0.5) is 0 Å². The summed E-state index contributed by atoms with van der Waals surface area (Å²) < 4.78 is 0. The minimum atomic E-state index is 0.491. The summed E-state index contributed by atoms with van der Waals surface area (Å²) in [6, 6.07) is 0. The van der Waals surface area contributed by atoms with Crippen LogP contribution in [-0.2, 0) is 0 Å². The lowest BCUT2D eigenvalue weighted by Gasteiger charge is -2.36. The first kappa shape index (κ1) is 15.3. The third-order valence-corrected chi connectivity index (χ3v) is 4.85. The second kappa shape index (κ2) is 7.08. The average Bonchev–Trinajstić information content (AvgIpc) is 2.38. The van der Waals surface area contributed by atoms with Gasteiger partial charge in [-0.1, -0.05) is 27.2 Å². The van der Waals surface area contributed by atoms with E-state index in [1.54, 1.807) is 0 Å². The van der Waals surface area contributed by atoms with Gasteiger partial charge in [0.15, 0.2) is 0 Å². The Morgan fingerprint density at radius 1 is 0.842 bits per heavy atom. The van der Waals surface area contributed by atoms with Gasteiger partial charge in [0, 0.05) is 6.54 Å². The van der Waals surface area contributed by atoms with Crippen molar-refractivity contribution in [1.82, 2.24) is 9.80 Å². The second-order valence-electron chi connectivity index (χ2n) is 7.96. The van der Waals surface area contributed by atoms with Crippen LogP contribution in [0.25, 0.3) is 0 Å². The van der Waals surface area contributed by atoms with Crippen molar-refractivity contribution in [2.45, 2.75) is 59.3 Å². The lowest BCUT2D eigenvalue weighted by atomic mass is 9.90. The number of likely N-dealkylation sites (tertiary alicyclic amines) is 2. The first-order chi connectivity index (χ1) is 9.03. The van der Waals surface area contributed by atoms with Crippen molar-refractivity contribution in [3.8, 4) is 0 Å². The van der Waals surface area contributed by atoms with Gasteiger partial charge in [0.05, 0.1) is 0 Å². The van der Waals surface area contributed by atoms with Gasteiger partial charge < -0.3 is 9.80 Å². The first-order valence-corrected chi connectivity index (χ1v) is 8.48. The molecular formula is C17H34N2. The van der Waals surface area contributed by atoms with Crippen LogP contribution in [0.5, 0.6) is 0 Å². The smallest absolute Gasteiger partial charge is 0.00106 e. The zero-order valence-electron chi connectivity index (χ0n) is 13.5. The Labute approximate surface area is 120 Å². The van der Waals surface area contributed by atoms with E-state index in [2.05, 4.69) is 30.6 Å². The summed E-state index contributed by atoms with van der Waals surface area (Å²) in [6.07, 6.45) is 8.53. The summed E-state index contributed by atoms with van der Waals surface area (Å²) in [6.45, 7) is 15.2. The zero-order valence-corrected chi connectivity index (χ0v) is 13.5. The van der Waals surface area contributed by atoms with Gasteiger partial charge in [-0.3, -0.25) is 0 Å². The molecule has 112 valence electrons. The Morgan fingerprint density at radius 2 is 1.47 bits per heavy atom. The van der Waals surface area contributed by atoms with Crippen molar-refractivity contribution in [2.24, 2.45) is 11.3 Å². The molecule has 0 aromatic carbocycles. The average molecular weight is 266 g/mol. The van der Waals surface area contributed by atoms with E-state index in [1.807, 2.05) is 0 Å². The standard InChI is InChI=1S/C17H34N2/c1-17(2,3)9-14-18-12-7-16(8-13-18)15-19-10-5-4-6-11-19/h16H,4-15H2,1-3H3. The van der Waals surface area contributed by atoms with Gasteiger partial charge in [-0.15, -0.1) is 0 Å². The van der Waals surface area contributed by atoms with Crippen molar-refractivity contribution in [2.75, 3.05) is 39.3 Å². The maximum atomic E-state index is 2.72. The Kier molecular flexibility index (Phi) is 5.70. The van der Waals surface area contributed by atoms with Crippen LogP contribution in [0.15, 0.2) is 0 Å². The van der Waals surface area contributed by atoms with Crippen molar-refractivity contribution in [3.05, 3.63) is 0 Å². The van der Waals surface area contributed by atoms with E-state index in [-0.39, 0.29) is 0 Å². The molecule has 0 saturated carbocycles. The summed E-state index contributed by atoms with van der Waals surface area (Å²) in [5.41, 5.74) is 0.491. The molecule has 2 nitrogen and oxygen atoms in total. The molecule has 0 N–H and O–H groups in total. The molecule has 0 unspecified atom stereocenters. The number of rotatable bonds is 4. The molecular weight excluding hydrogens is 232 g/mol. The molecule has 0 radical (unpaired) electrons. The molecule has 0 aliphatic carbocycles. The summed E-state index contributed by atoms with van der Waals surface area (Å²) >= 11 is 0. The molecule has 0 spiro atoms. The van der Waals surface area contributed by atoms with Crippen molar-refractivity contribution in [3.63, 3.8) is 0 Å². The highest BCUT2D eigenvalue weighted by molar-refractivity contribution is 4.77. The van der Waals surface area contributed by atoms with Gasteiger partial charge >= 0.3 is 0 Å². The summed E-state index contributed by atoms with van der Waals surface area (Å²) in [7, 11) is 0. The summed E-state index contributed by atoms with van der Waals surface area (Å²) in [5, 5.41) is 0. The van der Waals surface area contributed by atoms with E-state index in [0.29, 0.717) is 5.41 Å². The molecule has 0 atom stereocenters. The number of piperidine rings is 2. The monoisotopic (exact) mass is 266 g/mol. The Balaban J connectivity index is 1.62. The highest BCUT2D eigenvalue weighted by Crippen LogP contribution is 2.23. The molecule has 2 aliphatic heterocycles. The largest absolute Gasteiger partial charge is 0.303 e. The van der Waals surface area contributed by atoms with Crippen LogP contribution >= 0.6 is 0 Å². The van der Waals surface area contributed by atoms with Crippen LogP contribution in [0.2, 0.25) is 0 Å². The third kappa shape index (κ3) is 5.83. The lowest BCUT2D eigenvalue weighted by molar-refractivity contribution is 0.123. The van der Waals surface area contributed by atoms with Crippen LogP contribution in [0, 0.1) is 11.3 Å². The van der Waals surface area contributed by atoms with E-state index >= 15 is 0 Å². The third-order valence-electron chi connectivity index (χ3n) is 4.85. The van der Waals surface area contributed by atoms with Crippen LogP contribution < -0.4 is 0 Å². The molecule has 2 aliphatic rings. The van der Waals surface area contributed by atoms with Gasteiger partial charge in [-0.05, 0) is 76.2 Å². The molecule has 0 amide bonds. The SMILES string of the molecule is CC(C)(C)CCN1CCC(CN2CCCCC2)CC1. The van der Waals surface area contributed by atoms with E-state index in [4.69, 9.17) is 0 Å². The van der Waals surface area contributed by atoms with Gasteiger partial charge in [-0.25, -0.2) is 0 Å². The van der Waals surface area contributed by atoms with Crippen molar-refractivity contribution >= 4 is 0 Å². The summed E-state index contributed by atoms with van der Waals surface area (Å²) in [4.78, 5) is 5.41. The minimum absolute atomic E-state index is 0.491. The van der Waals surface area contributed by atoms with E-state index < -0.39 is 0 Å². The van der Waals surface area contributed by atoms with Crippen LogP contribution in [0.1, 0.15) is 59.3 Å². The van der Waals surface area contributed by atoms with Crippen molar-refractivity contribution < 1.29 is 0 Å². The maximum Gasteiger partial charge on any atom is 0.00106 e. The van der Waals surface area contributed by atoms with Gasteiger partial charge in [-0.2, -0.15) is 0 Å². The molecule has 0 aromatic heterocycles. The molecule has 0 bridgehead atoms. The number of hydrogen-bond donors (Lipinski definition) is 0. The Morgan fingerprint density at radius 3 is 2.05 bits per heavy atom. The molecule has 0 aromatic rings. The summed E-state index contributed by atoms with van der Waals surface area (Å²) in [5.74, 6) is 0.976. The predicted octanol–water partition coefficient (Wildman–Crippen LogP) is 3.62.